The molecule has 2 aromatic carbocycles. The van der Waals surface area contributed by atoms with Gasteiger partial charge in [0, 0.05) is 18.5 Å². The number of pyridine rings is 1. The lowest BCUT2D eigenvalue weighted by Gasteiger charge is -2.16. The van der Waals surface area contributed by atoms with E-state index in [4.69, 9.17) is 9.72 Å². The lowest BCUT2D eigenvalue weighted by atomic mass is 9.98. The topological polar surface area (TPSA) is 45.6 Å². The van der Waals surface area contributed by atoms with Crippen molar-refractivity contribution in [2.45, 2.75) is 32.9 Å². The van der Waals surface area contributed by atoms with Crippen LogP contribution in [-0.4, -0.2) is 34.7 Å². The van der Waals surface area contributed by atoms with Gasteiger partial charge in [-0.1, -0.05) is 30.3 Å². The molecule has 146 valence electrons. The fourth-order valence-corrected chi connectivity index (χ4v) is 4.06. The van der Waals surface area contributed by atoms with Gasteiger partial charge in [0.05, 0.1) is 24.4 Å². The third kappa shape index (κ3) is 4.51. The molecule has 0 radical (unpaired) electrons. The summed E-state index contributed by atoms with van der Waals surface area (Å²) in [6.45, 7) is 5.94. The molecule has 0 spiro atoms. The molecule has 1 saturated heterocycles. The van der Waals surface area contributed by atoms with Crippen LogP contribution in [0.3, 0.4) is 0 Å². The second-order valence-electron chi connectivity index (χ2n) is 7.66. The Morgan fingerprint density at radius 2 is 1.89 bits per heavy atom. The number of aliphatic hydroxyl groups excluding tert-OH is 1. The molecule has 1 N–H and O–H groups in total. The third-order valence-electron chi connectivity index (χ3n) is 5.51. The van der Waals surface area contributed by atoms with E-state index < -0.39 is 0 Å². The molecule has 0 saturated carbocycles. The van der Waals surface area contributed by atoms with E-state index in [0.29, 0.717) is 12.5 Å². The maximum absolute atomic E-state index is 9.17. The van der Waals surface area contributed by atoms with E-state index >= 15 is 0 Å². The van der Waals surface area contributed by atoms with E-state index in [1.54, 1.807) is 0 Å². The number of hydrogen-bond acceptors (Lipinski definition) is 4. The first-order chi connectivity index (χ1) is 13.7. The van der Waals surface area contributed by atoms with Crippen LogP contribution in [0.25, 0.3) is 10.9 Å². The van der Waals surface area contributed by atoms with E-state index in [1.165, 1.54) is 12.0 Å². The predicted octanol–water partition coefficient (Wildman–Crippen LogP) is 4.19. The quantitative estimate of drug-likeness (QED) is 0.672. The van der Waals surface area contributed by atoms with Crippen LogP contribution in [0.1, 0.15) is 30.2 Å². The Balaban J connectivity index is 1.36. The monoisotopic (exact) mass is 376 g/mol. The number of aliphatic hydroxyl groups is 1. The van der Waals surface area contributed by atoms with Gasteiger partial charge in [0.15, 0.2) is 0 Å². The molecule has 4 rings (SSSR count). The van der Waals surface area contributed by atoms with Crippen LogP contribution >= 0.6 is 0 Å². The Kier molecular flexibility index (Phi) is 5.89. The van der Waals surface area contributed by atoms with Crippen molar-refractivity contribution in [1.82, 2.24) is 9.88 Å². The van der Waals surface area contributed by atoms with Crippen molar-refractivity contribution in [3.63, 3.8) is 0 Å². The van der Waals surface area contributed by atoms with Gasteiger partial charge in [-0.2, -0.15) is 0 Å². The number of fused-ring (bicyclic) bond motifs is 1. The fraction of sp³-hybridized carbons (Fsp3) is 0.375. The van der Waals surface area contributed by atoms with Crippen LogP contribution in [0.4, 0.5) is 0 Å². The SMILES string of the molecule is CCOc1ccc2nc(CN3CC[C@H](Cc4ccc(CO)cc4)C3)ccc2c1. The summed E-state index contributed by atoms with van der Waals surface area (Å²) in [6, 6.07) is 18.7. The Morgan fingerprint density at radius 3 is 2.68 bits per heavy atom. The van der Waals surface area contributed by atoms with Gasteiger partial charge in [-0.15, -0.1) is 0 Å². The van der Waals surface area contributed by atoms with Gasteiger partial charge in [0.2, 0.25) is 0 Å². The molecule has 2 heterocycles. The number of nitrogens with zero attached hydrogens (tertiary/aromatic N) is 2. The number of aromatic nitrogens is 1. The average molecular weight is 377 g/mol. The Hall–Kier alpha value is -2.43. The van der Waals surface area contributed by atoms with Crippen LogP contribution in [0.5, 0.6) is 5.75 Å². The van der Waals surface area contributed by atoms with Crippen molar-refractivity contribution < 1.29 is 9.84 Å². The maximum atomic E-state index is 9.17. The summed E-state index contributed by atoms with van der Waals surface area (Å²) in [5.41, 5.74) is 4.50. The first kappa shape index (κ1) is 18.9. The normalized spacial score (nSPS) is 17.3. The first-order valence-electron chi connectivity index (χ1n) is 10.2. The molecule has 1 aromatic heterocycles. The summed E-state index contributed by atoms with van der Waals surface area (Å²) in [5, 5.41) is 10.3. The Bertz CT molecular complexity index is 924. The largest absolute Gasteiger partial charge is 0.494 e. The van der Waals surface area contributed by atoms with Gasteiger partial charge < -0.3 is 9.84 Å². The first-order valence-corrected chi connectivity index (χ1v) is 10.2. The molecule has 0 amide bonds. The number of ether oxygens (including phenoxy) is 1. The summed E-state index contributed by atoms with van der Waals surface area (Å²) in [5.74, 6) is 1.59. The number of benzene rings is 2. The summed E-state index contributed by atoms with van der Waals surface area (Å²) in [6.07, 6.45) is 2.33. The van der Waals surface area contributed by atoms with Crippen molar-refractivity contribution in [3.05, 3.63) is 71.4 Å². The predicted molar refractivity (Wildman–Crippen MR) is 112 cm³/mol. The highest BCUT2D eigenvalue weighted by molar-refractivity contribution is 5.80. The molecule has 1 fully saturated rings. The standard InChI is InChI=1S/C24H28N2O2/c1-2-28-23-9-10-24-21(14-23)7-8-22(25-24)16-26-12-11-20(15-26)13-18-3-5-19(17-27)6-4-18/h3-10,14,20,27H,2,11-13,15-17H2,1H3/t20-/m1/s1. The van der Waals surface area contributed by atoms with Crippen molar-refractivity contribution in [2.75, 3.05) is 19.7 Å². The fourth-order valence-electron chi connectivity index (χ4n) is 4.06. The van der Waals surface area contributed by atoms with E-state index in [-0.39, 0.29) is 6.61 Å². The average Bonchev–Trinajstić information content (AvgIpc) is 3.15. The Morgan fingerprint density at radius 1 is 1.07 bits per heavy atom. The zero-order valence-corrected chi connectivity index (χ0v) is 16.5. The second-order valence-corrected chi connectivity index (χ2v) is 7.66. The highest BCUT2D eigenvalue weighted by Crippen LogP contribution is 2.24. The minimum Gasteiger partial charge on any atom is -0.494 e. The Labute approximate surface area is 166 Å². The molecule has 4 heteroatoms. The van der Waals surface area contributed by atoms with E-state index in [2.05, 4.69) is 35.2 Å². The lowest BCUT2D eigenvalue weighted by Crippen LogP contribution is -2.21. The minimum absolute atomic E-state index is 0.114. The molecular formula is C24H28N2O2. The van der Waals surface area contributed by atoms with Crippen molar-refractivity contribution >= 4 is 10.9 Å². The van der Waals surface area contributed by atoms with E-state index in [9.17, 15) is 5.11 Å². The van der Waals surface area contributed by atoms with Crippen LogP contribution in [0, 0.1) is 5.92 Å². The van der Waals surface area contributed by atoms with Crippen molar-refractivity contribution in [3.8, 4) is 5.75 Å². The number of likely N-dealkylation sites (tertiary alicyclic amines) is 1. The third-order valence-corrected chi connectivity index (χ3v) is 5.51. The smallest absolute Gasteiger partial charge is 0.120 e. The summed E-state index contributed by atoms with van der Waals surface area (Å²) >= 11 is 0. The van der Waals surface area contributed by atoms with Gasteiger partial charge in [-0.3, -0.25) is 9.88 Å². The highest BCUT2D eigenvalue weighted by atomic mass is 16.5. The molecule has 1 atom stereocenters. The molecule has 0 unspecified atom stereocenters. The van der Waals surface area contributed by atoms with Crippen LogP contribution < -0.4 is 4.74 Å². The minimum atomic E-state index is 0.114. The number of rotatable bonds is 7. The van der Waals surface area contributed by atoms with Crippen LogP contribution in [0.15, 0.2) is 54.6 Å². The van der Waals surface area contributed by atoms with Crippen molar-refractivity contribution in [2.24, 2.45) is 5.92 Å². The molecule has 4 nitrogen and oxygen atoms in total. The van der Waals surface area contributed by atoms with Gasteiger partial charge in [-0.05, 0) is 67.6 Å². The molecular weight excluding hydrogens is 348 g/mol. The maximum Gasteiger partial charge on any atom is 0.120 e. The van der Waals surface area contributed by atoms with Crippen LogP contribution in [-0.2, 0) is 19.6 Å². The summed E-state index contributed by atoms with van der Waals surface area (Å²) in [7, 11) is 0. The van der Waals surface area contributed by atoms with Gasteiger partial charge in [-0.25, -0.2) is 0 Å². The van der Waals surface area contributed by atoms with Gasteiger partial charge in [0.1, 0.15) is 5.75 Å². The van der Waals surface area contributed by atoms with Gasteiger partial charge in [0.25, 0.3) is 0 Å². The van der Waals surface area contributed by atoms with Gasteiger partial charge >= 0.3 is 0 Å². The lowest BCUT2D eigenvalue weighted by molar-refractivity contribution is 0.282. The highest BCUT2D eigenvalue weighted by Gasteiger charge is 2.23. The summed E-state index contributed by atoms with van der Waals surface area (Å²) in [4.78, 5) is 7.36. The molecule has 3 aromatic rings. The molecule has 1 aliphatic rings. The second kappa shape index (κ2) is 8.72. The molecule has 0 bridgehead atoms. The van der Waals surface area contributed by atoms with Crippen LogP contribution in [0.2, 0.25) is 0 Å². The van der Waals surface area contributed by atoms with Crippen molar-refractivity contribution in [1.29, 1.82) is 0 Å². The number of hydrogen-bond donors (Lipinski definition) is 1. The van der Waals surface area contributed by atoms with E-state index in [0.717, 1.165) is 54.0 Å². The molecule has 1 aliphatic heterocycles. The molecule has 28 heavy (non-hydrogen) atoms. The zero-order valence-electron chi connectivity index (χ0n) is 16.5. The molecule has 0 aliphatic carbocycles. The zero-order chi connectivity index (χ0) is 19.3. The van der Waals surface area contributed by atoms with E-state index in [1.807, 2.05) is 31.2 Å². The summed E-state index contributed by atoms with van der Waals surface area (Å²) < 4.78 is 5.58.